The van der Waals surface area contributed by atoms with E-state index in [0.29, 0.717) is 15.8 Å². The Morgan fingerprint density at radius 2 is 2.07 bits per heavy atom. The molecule has 0 unspecified atom stereocenters. The minimum absolute atomic E-state index is 0.00200. The summed E-state index contributed by atoms with van der Waals surface area (Å²) in [5.41, 5.74) is -0.0933. The second-order valence-corrected chi connectivity index (χ2v) is 6.74. The molecule has 0 fully saturated rings. The molecule has 0 amide bonds. The zero-order chi connectivity index (χ0) is 20.4. The molecule has 0 saturated heterocycles. The van der Waals surface area contributed by atoms with Crippen LogP contribution in [0.4, 0.5) is 0 Å². The fourth-order valence-corrected chi connectivity index (χ4v) is 3.33. The van der Waals surface area contributed by atoms with Gasteiger partial charge in [0.05, 0.1) is 24.7 Å². The summed E-state index contributed by atoms with van der Waals surface area (Å²) in [5.74, 6) is -0.142. The van der Waals surface area contributed by atoms with E-state index in [-0.39, 0.29) is 41.4 Å². The highest BCUT2D eigenvalue weighted by Gasteiger charge is 2.24. The van der Waals surface area contributed by atoms with E-state index in [9.17, 15) is 14.4 Å². The average Bonchev–Trinajstić information content (AvgIpc) is 3.01. The quantitative estimate of drug-likeness (QED) is 0.421. The number of furan rings is 1. The number of hydrogen-bond acceptors (Lipinski definition) is 7. The molecule has 0 atom stereocenters. The molecule has 0 saturated carbocycles. The average molecular weight is 449 g/mol. The van der Waals surface area contributed by atoms with Crippen molar-refractivity contribution in [1.82, 2.24) is 9.55 Å². The maximum absolute atomic E-state index is 12.9. The number of esters is 1. The normalized spacial score (nSPS) is 10.9. The molecule has 2 aromatic heterocycles. The molecule has 8 nitrogen and oxygen atoms in total. The molecule has 1 aromatic carbocycles. The maximum atomic E-state index is 12.9. The molecule has 0 aliphatic rings. The van der Waals surface area contributed by atoms with Crippen molar-refractivity contribution in [1.29, 1.82) is 0 Å². The van der Waals surface area contributed by atoms with Gasteiger partial charge in [0, 0.05) is 5.56 Å². The molecule has 0 spiro atoms. The first-order valence-electron chi connectivity index (χ1n) is 8.39. The number of fused-ring (bicyclic) bond motifs is 1. The van der Waals surface area contributed by atoms with Crippen LogP contribution < -0.4 is 10.3 Å². The standard InChI is InChI=1S/C19H17BrN2O6/c1-4-27-19(25)15-10(2)28-17-16(15)18(24)22(9-21-17)8-13(23)11-5-6-14(26-3)12(20)7-11/h5-7,9H,4,8H2,1-3H3. The first kappa shape index (κ1) is 19.8. The number of carbonyl (C=O) groups excluding carboxylic acids is 2. The van der Waals surface area contributed by atoms with Crippen LogP contribution in [-0.2, 0) is 11.3 Å². The van der Waals surface area contributed by atoms with Crippen LogP contribution in [0.5, 0.6) is 5.75 Å². The van der Waals surface area contributed by atoms with Crippen molar-refractivity contribution in [2.75, 3.05) is 13.7 Å². The third-order valence-electron chi connectivity index (χ3n) is 4.12. The number of aromatic nitrogens is 2. The van der Waals surface area contributed by atoms with Crippen LogP contribution >= 0.6 is 15.9 Å². The molecule has 0 aliphatic carbocycles. The lowest BCUT2D eigenvalue weighted by molar-refractivity contribution is 0.0526. The van der Waals surface area contributed by atoms with Crippen LogP contribution in [-0.4, -0.2) is 35.0 Å². The van der Waals surface area contributed by atoms with E-state index in [1.165, 1.54) is 13.4 Å². The Hall–Kier alpha value is -2.94. The van der Waals surface area contributed by atoms with Crippen LogP contribution in [0.2, 0.25) is 0 Å². The van der Waals surface area contributed by atoms with Gasteiger partial charge >= 0.3 is 5.97 Å². The van der Waals surface area contributed by atoms with Crippen molar-refractivity contribution in [2.24, 2.45) is 0 Å². The molecule has 146 valence electrons. The summed E-state index contributed by atoms with van der Waals surface area (Å²) in [6.45, 7) is 3.13. The third kappa shape index (κ3) is 3.57. The summed E-state index contributed by atoms with van der Waals surface area (Å²) in [5, 5.41) is 0.00200. The highest BCUT2D eigenvalue weighted by molar-refractivity contribution is 9.10. The zero-order valence-corrected chi connectivity index (χ0v) is 17.0. The summed E-state index contributed by atoms with van der Waals surface area (Å²) in [6, 6.07) is 4.87. The maximum Gasteiger partial charge on any atom is 0.342 e. The largest absolute Gasteiger partial charge is 0.496 e. The molecule has 28 heavy (non-hydrogen) atoms. The highest BCUT2D eigenvalue weighted by Crippen LogP contribution is 2.26. The zero-order valence-electron chi connectivity index (χ0n) is 15.4. The van der Waals surface area contributed by atoms with E-state index >= 15 is 0 Å². The van der Waals surface area contributed by atoms with Crippen LogP contribution in [0.1, 0.15) is 33.4 Å². The summed E-state index contributed by atoms with van der Waals surface area (Å²) in [4.78, 5) is 41.8. The number of ketones is 1. The topological polar surface area (TPSA) is 101 Å². The summed E-state index contributed by atoms with van der Waals surface area (Å²) < 4.78 is 17.3. The van der Waals surface area contributed by atoms with Gasteiger partial charge in [-0.2, -0.15) is 0 Å². The fraction of sp³-hybridized carbons (Fsp3) is 0.263. The lowest BCUT2D eigenvalue weighted by atomic mass is 10.1. The van der Waals surface area contributed by atoms with Crippen molar-refractivity contribution in [2.45, 2.75) is 20.4 Å². The molecule has 0 aliphatic heterocycles. The second-order valence-electron chi connectivity index (χ2n) is 5.88. The van der Waals surface area contributed by atoms with Crippen molar-refractivity contribution in [3.63, 3.8) is 0 Å². The van der Waals surface area contributed by atoms with E-state index < -0.39 is 11.5 Å². The smallest absolute Gasteiger partial charge is 0.342 e. The SMILES string of the molecule is CCOC(=O)c1c(C)oc2ncn(CC(=O)c3ccc(OC)c(Br)c3)c(=O)c12. The molecular weight excluding hydrogens is 432 g/mol. The van der Waals surface area contributed by atoms with Gasteiger partial charge in [-0.05, 0) is 48.0 Å². The van der Waals surface area contributed by atoms with E-state index in [1.807, 2.05) is 0 Å². The molecule has 3 rings (SSSR count). The van der Waals surface area contributed by atoms with E-state index in [2.05, 4.69) is 20.9 Å². The van der Waals surface area contributed by atoms with Gasteiger partial charge < -0.3 is 13.9 Å². The molecular formula is C19H17BrN2O6. The van der Waals surface area contributed by atoms with Crippen molar-refractivity contribution in [3.05, 3.63) is 56.2 Å². The predicted octanol–water partition coefficient (Wildman–Crippen LogP) is 3.13. The number of methoxy groups -OCH3 is 1. The first-order chi connectivity index (χ1) is 13.4. The monoisotopic (exact) mass is 448 g/mol. The Bertz CT molecular complexity index is 1130. The highest BCUT2D eigenvalue weighted by atomic mass is 79.9. The van der Waals surface area contributed by atoms with Crippen LogP contribution in [0.25, 0.3) is 11.1 Å². The number of Topliss-reactive ketones (excluding diaryl/α,β-unsaturated/α-hetero) is 1. The van der Waals surface area contributed by atoms with Gasteiger partial charge in [-0.3, -0.25) is 14.2 Å². The molecule has 2 heterocycles. The Labute approximate surface area is 168 Å². The first-order valence-corrected chi connectivity index (χ1v) is 9.19. The lowest BCUT2D eigenvalue weighted by Gasteiger charge is -2.07. The Balaban J connectivity index is 2.00. The van der Waals surface area contributed by atoms with Gasteiger partial charge in [0.25, 0.3) is 5.56 Å². The van der Waals surface area contributed by atoms with Gasteiger partial charge in [-0.15, -0.1) is 0 Å². The predicted molar refractivity (Wildman–Crippen MR) is 104 cm³/mol. The number of rotatable bonds is 6. The number of nitrogens with zero attached hydrogens (tertiary/aromatic N) is 2. The van der Waals surface area contributed by atoms with Crippen LogP contribution in [0, 0.1) is 6.92 Å². The Morgan fingerprint density at radius 3 is 2.71 bits per heavy atom. The number of benzene rings is 1. The molecule has 0 radical (unpaired) electrons. The van der Waals surface area contributed by atoms with Gasteiger partial charge in [0.2, 0.25) is 5.71 Å². The molecule has 0 N–H and O–H groups in total. The van der Waals surface area contributed by atoms with Crippen LogP contribution in [0.15, 0.2) is 38.2 Å². The number of carbonyl (C=O) groups is 2. The number of aryl methyl sites for hydroxylation is 1. The minimum Gasteiger partial charge on any atom is -0.496 e. The van der Waals surface area contributed by atoms with Gasteiger partial charge in [0.1, 0.15) is 28.8 Å². The number of halogens is 1. The summed E-state index contributed by atoms with van der Waals surface area (Å²) in [7, 11) is 1.52. The van der Waals surface area contributed by atoms with Crippen molar-refractivity contribution < 1.29 is 23.5 Å². The van der Waals surface area contributed by atoms with E-state index in [1.54, 1.807) is 32.0 Å². The van der Waals surface area contributed by atoms with E-state index in [4.69, 9.17) is 13.9 Å². The Morgan fingerprint density at radius 1 is 1.32 bits per heavy atom. The Kier molecular flexibility index (Phi) is 5.64. The van der Waals surface area contributed by atoms with Gasteiger partial charge in [-0.1, -0.05) is 0 Å². The van der Waals surface area contributed by atoms with Crippen LogP contribution in [0.3, 0.4) is 0 Å². The lowest BCUT2D eigenvalue weighted by Crippen LogP contribution is -2.25. The summed E-state index contributed by atoms with van der Waals surface area (Å²) in [6.07, 6.45) is 1.22. The second kappa shape index (κ2) is 7.97. The molecule has 0 bridgehead atoms. The fourth-order valence-electron chi connectivity index (χ4n) is 2.79. The number of ether oxygens (including phenoxy) is 2. The third-order valence-corrected chi connectivity index (χ3v) is 4.74. The molecule has 9 heteroatoms. The van der Waals surface area contributed by atoms with E-state index in [0.717, 1.165) is 4.57 Å². The van der Waals surface area contributed by atoms with Crippen molar-refractivity contribution in [3.8, 4) is 5.75 Å². The van der Waals surface area contributed by atoms with Crippen molar-refractivity contribution >= 4 is 38.8 Å². The summed E-state index contributed by atoms with van der Waals surface area (Å²) >= 11 is 3.33. The molecule has 3 aromatic rings. The van der Waals surface area contributed by atoms with Gasteiger partial charge in [-0.25, -0.2) is 9.78 Å². The minimum atomic E-state index is -0.666. The number of hydrogen-bond donors (Lipinski definition) is 0. The van der Waals surface area contributed by atoms with Gasteiger partial charge in [0.15, 0.2) is 5.78 Å².